The summed E-state index contributed by atoms with van der Waals surface area (Å²) in [5.74, 6) is 1.02. The number of imidazole rings is 1. The Labute approximate surface area is 68.5 Å². The molecule has 0 aromatic carbocycles. The maximum absolute atomic E-state index is 5.52. The van der Waals surface area contributed by atoms with Gasteiger partial charge in [0.2, 0.25) is 0 Å². The zero-order valence-corrected chi connectivity index (χ0v) is 7.06. The average molecular weight is 167 g/mol. The molecule has 2 rings (SSSR count). The standard InChI is InChI=1S/C7H9N3S/c1-5-9-6(4-8)7-10(5)2-3-11-7/h2-3H,4,8H2,1H3. The lowest BCUT2D eigenvalue weighted by atomic mass is 10.5. The van der Waals surface area contributed by atoms with Gasteiger partial charge in [0, 0.05) is 18.1 Å². The quantitative estimate of drug-likeness (QED) is 0.692. The van der Waals surface area contributed by atoms with Gasteiger partial charge in [0.1, 0.15) is 10.7 Å². The van der Waals surface area contributed by atoms with Gasteiger partial charge in [0.25, 0.3) is 0 Å². The van der Waals surface area contributed by atoms with Crippen LogP contribution in [0.15, 0.2) is 11.6 Å². The normalized spacial score (nSPS) is 11.1. The highest BCUT2D eigenvalue weighted by Gasteiger charge is 2.05. The Bertz CT molecular complexity index is 374. The summed E-state index contributed by atoms with van der Waals surface area (Å²) in [6, 6.07) is 0. The Morgan fingerprint density at radius 3 is 3.27 bits per heavy atom. The summed E-state index contributed by atoms with van der Waals surface area (Å²) in [7, 11) is 0. The molecule has 0 fully saturated rings. The summed E-state index contributed by atoms with van der Waals surface area (Å²) in [5, 5.41) is 2.04. The fourth-order valence-corrected chi connectivity index (χ4v) is 2.06. The van der Waals surface area contributed by atoms with Gasteiger partial charge in [-0.25, -0.2) is 4.98 Å². The third-order valence-corrected chi connectivity index (χ3v) is 2.61. The predicted molar refractivity (Wildman–Crippen MR) is 45.7 cm³/mol. The number of rotatable bonds is 1. The SMILES string of the molecule is Cc1nc(CN)c2sccn12. The molecule has 0 saturated carbocycles. The molecule has 0 aliphatic heterocycles. The zero-order valence-electron chi connectivity index (χ0n) is 6.24. The van der Waals surface area contributed by atoms with Crippen molar-refractivity contribution in [1.29, 1.82) is 0 Å². The summed E-state index contributed by atoms with van der Waals surface area (Å²) in [6.07, 6.45) is 2.02. The maximum atomic E-state index is 5.52. The molecule has 0 aliphatic carbocycles. The Hall–Kier alpha value is -0.870. The minimum Gasteiger partial charge on any atom is -0.325 e. The van der Waals surface area contributed by atoms with Gasteiger partial charge in [0.15, 0.2) is 0 Å². The number of fused-ring (bicyclic) bond motifs is 1. The monoisotopic (exact) mass is 167 g/mol. The second-order valence-corrected chi connectivity index (χ2v) is 3.28. The second-order valence-electron chi connectivity index (χ2n) is 2.39. The highest BCUT2D eigenvalue weighted by molar-refractivity contribution is 7.15. The van der Waals surface area contributed by atoms with Gasteiger partial charge in [-0.1, -0.05) is 0 Å². The molecule has 0 atom stereocenters. The van der Waals surface area contributed by atoms with Crippen molar-refractivity contribution < 1.29 is 0 Å². The Morgan fingerprint density at radius 1 is 1.73 bits per heavy atom. The number of nitrogens with two attached hydrogens (primary N) is 1. The topological polar surface area (TPSA) is 43.3 Å². The van der Waals surface area contributed by atoms with Crippen LogP contribution in [-0.4, -0.2) is 9.38 Å². The van der Waals surface area contributed by atoms with Crippen LogP contribution in [0.4, 0.5) is 0 Å². The van der Waals surface area contributed by atoms with Gasteiger partial charge < -0.3 is 5.73 Å². The van der Waals surface area contributed by atoms with Gasteiger partial charge in [-0.2, -0.15) is 0 Å². The molecule has 3 nitrogen and oxygen atoms in total. The second kappa shape index (κ2) is 2.32. The lowest BCUT2D eigenvalue weighted by Crippen LogP contribution is -1.95. The molecule has 58 valence electrons. The highest BCUT2D eigenvalue weighted by Crippen LogP contribution is 2.17. The molecule has 2 heterocycles. The first-order valence-corrected chi connectivity index (χ1v) is 4.32. The van der Waals surface area contributed by atoms with E-state index in [4.69, 9.17) is 5.73 Å². The molecular weight excluding hydrogens is 158 g/mol. The molecule has 2 aromatic heterocycles. The molecule has 0 radical (unpaired) electrons. The smallest absolute Gasteiger partial charge is 0.124 e. The van der Waals surface area contributed by atoms with E-state index >= 15 is 0 Å². The van der Waals surface area contributed by atoms with Crippen molar-refractivity contribution in [3.8, 4) is 0 Å². The number of aryl methyl sites for hydroxylation is 1. The maximum Gasteiger partial charge on any atom is 0.124 e. The molecule has 0 bridgehead atoms. The van der Waals surface area contributed by atoms with E-state index in [1.54, 1.807) is 11.3 Å². The first kappa shape index (κ1) is 6.82. The van der Waals surface area contributed by atoms with E-state index in [1.165, 1.54) is 4.83 Å². The fourth-order valence-electron chi connectivity index (χ4n) is 1.17. The van der Waals surface area contributed by atoms with Crippen molar-refractivity contribution >= 4 is 16.2 Å². The minimum atomic E-state index is 0.526. The number of hydrogen-bond donors (Lipinski definition) is 1. The number of hydrogen-bond acceptors (Lipinski definition) is 3. The molecular formula is C7H9N3S. The average Bonchev–Trinajstić information content (AvgIpc) is 2.54. The Kier molecular flexibility index (Phi) is 1.44. The first-order valence-electron chi connectivity index (χ1n) is 3.44. The molecule has 0 saturated heterocycles. The van der Waals surface area contributed by atoms with Crippen LogP contribution in [-0.2, 0) is 6.54 Å². The third kappa shape index (κ3) is 0.868. The molecule has 11 heavy (non-hydrogen) atoms. The molecule has 0 unspecified atom stereocenters. The summed E-state index contributed by atoms with van der Waals surface area (Å²) in [4.78, 5) is 5.49. The summed E-state index contributed by atoms with van der Waals surface area (Å²) in [6.45, 7) is 2.51. The molecule has 2 N–H and O–H groups in total. The van der Waals surface area contributed by atoms with Gasteiger partial charge in [-0.3, -0.25) is 4.40 Å². The van der Waals surface area contributed by atoms with Gasteiger partial charge in [0.05, 0.1) is 5.69 Å². The van der Waals surface area contributed by atoms with Gasteiger partial charge in [-0.15, -0.1) is 11.3 Å². The molecule has 2 aromatic rings. The van der Waals surface area contributed by atoms with Crippen molar-refractivity contribution in [2.45, 2.75) is 13.5 Å². The summed E-state index contributed by atoms with van der Waals surface area (Å²) < 4.78 is 2.06. The van der Waals surface area contributed by atoms with Crippen LogP contribution >= 0.6 is 11.3 Å². The number of nitrogens with zero attached hydrogens (tertiary/aromatic N) is 2. The zero-order chi connectivity index (χ0) is 7.84. The van der Waals surface area contributed by atoms with Crippen LogP contribution in [0.5, 0.6) is 0 Å². The summed E-state index contributed by atoms with van der Waals surface area (Å²) >= 11 is 1.68. The van der Waals surface area contributed by atoms with E-state index in [1.807, 2.05) is 18.5 Å². The van der Waals surface area contributed by atoms with Crippen molar-refractivity contribution in [2.24, 2.45) is 5.73 Å². The van der Waals surface area contributed by atoms with Crippen LogP contribution in [0.2, 0.25) is 0 Å². The van der Waals surface area contributed by atoms with Crippen molar-refractivity contribution in [3.05, 3.63) is 23.1 Å². The van der Waals surface area contributed by atoms with Crippen molar-refractivity contribution in [2.75, 3.05) is 0 Å². The highest BCUT2D eigenvalue weighted by atomic mass is 32.1. The Morgan fingerprint density at radius 2 is 2.55 bits per heavy atom. The Balaban J connectivity index is 2.80. The van der Waals surface area contributed by atoms with E-state index in [9.17, 15) is 0 Å². The van der Waals surface area contributed by atoms with Crippen LogP contribution in [0.1, 0.15) is 11.5 Å². The van der Waals surface area contributed by atoms with E-state index in [0.29, 0.717) is 6.54 Å². The van der Waals surface area contributed by atoms with Crippen LogP contribution < -0.4 is 5.73 Å². The minimum absolute atomic E-state index is 0.526. The van der Waals surface area contributed by atoms with Crippen LogP contribution in [0.25, 0.3) is 4.83 Å². The molecule has 0 amide bonds. The summed E-state index contributed by atoms with van der Waals surface area (Å²) in [5.41, 5.74) is 6.52. The molecule has 4 heteroatoms. The third-order valence-electron chi connectivity index (χ3n) is 1.69. The van der Waals surface area contributed by atoms with Crippen LogP contribution in [0.3, 0.4) is 0 Å². The van der Waals surface area contributed by atoms with Gasteiger partial charge in [-0.05, 0) is 6.92 Å². The van der Waals surface area contributed by atoms with E-state index in [2.05, 4.69) is 9.38 Å². The van der Waals surface area contributed by atoms with Crippen molar-refractivity contribution in [1.82, 2.24) is 9.38 Å². The van der Waals surface area contributed by atoms with Gasteiger partial charge >= 0.3 is 0 Å². The number of aromatic nitrogens is 2. The molecule has 0 aliphatic rings. The van der Waals surface area contributed by atoms with Crippen LogP contribution in [0, 0.1) is 6.92 Å². The molecule has 0 spiro atoms. The lowest BCUT2D eigenvalue weighted by Gasteiger charge is -1.83. The largest absolute Gasteiger partial charge is 0.325 e. The first-order chi connectivity index (χ1) is 5.33. The number of thiazole rings is 1. The van der Waals surface area contributed by atoms with E-state index in [0.717, 1.165) is 11.5 Å². The fraction of sp³-hybridized carbons (Fsp3) is 0.286. The predicted octanol–water partition coefficient (Wildman–Crippen LogP) is 1.16. The van der Waals surface area contributed by atoms with Crippen molar-refractivity contribution in [3.63, 3.8) is 0 Å². The van der Waals surface area contributed by atoms with E-state index < -0.39 is 0 Å². The van der Waals surface area contributed by atoms with E-state index in [-0.39, 0.29) is 0 Å². The lowest BCUT2D eigenvalue weighted by molar-refractivity contribution is 0.991.